The molecule has 0 heterocycles. The number of anilines is 1. The van der Waals surface area contributed by atoms with E-state index in [9.17, 15) is 18.0 Å². The highest BCUT2D eigenvalue weighted by Gasteiger charge is 2.35. The topological polar surface area (TPSA) is 86.8 Å². The Morgan fingerprint density at radius 1 is 0.927 bits per heavy atom. The highest BCUT2D eigenvalue weighted by molar-refractivity contribution is 7.92. The summed E-state index contributed by atoms with van der Waals surface area (Å²) in [7, 11) is -4.14. The van der Waals surface area contributed by atoms with Crippen LogP contribution in [0.4, 0.5) is 5.69 Å². The molecule has 3 rings (SSSR count). The largest absolute Gasteiger partial charge is 0.350 e. The Labute approximate surface area is 249 Å². The fourth-order valence-electron chi connectivity index (χ4n) is 4.54. The van der Waals surface area contributed by atoms with Gasteiger partial charge in [-0.15, -0.1) is 0 Å². The molecule has 41 heavy (non-hydrogen) atoms. The first-order valence-electron chi connectivity index (χ1n) is 13.7. The molecule has 0 unspecified atom stereocenters. The monoisotopic (exact) mass is 597 g/mol. The van der Waals surface area contributed by atoms with Crippen molar-refractivity contribution in [3.8, 4) is 0 Å². The van der Waals surface area contributed by atoms with E-state index in [1.165, 1.54) is 4.90 Å². The number of rotatable bonds is 10. The van der Waals surface area contributed by atoms with Crippen LogP contribution >= 0.6 is 11.6 Å². The molecule has 3 aromatic rings. The number of aryl methyl sites for hydroxylation is 2. The lowest BCUT2D eigenvalue weighted by Gasteiger charge is -2.35. The third-order valence-electron chi connectivity index (χ3n) is 6.92. The molecule has 0 aliphatic rings. The number of benzene rings is 3. The summed E-state index contributed by atoms with van der Waals surface area (Å²) in [6, 6.07) is 18.2. The van der Waals surface area contributed by atoms with E-state index in [4.69, 9.17) is 11.6 Å². The second kappa shape index (κ2) is 13.1. The number of hydrogen-bond acceptors (Lipinski definition) is 4. The molecule has 0 radical (unpaired) electrons. The third-order valence-corrected chi connectivity index (χ3v) is 9.06. The van der Waals surface area contributed by atoms with Gasteiger partial charge in [0.2, 0.25) is 11.8 Å². The van der Waals surface area contributed by atoms with Crippen molar-refractivity contribution in [3.63, 3.8) is 0 Å². The number of hydrogen-bond donors (Lipinski definition) is 1. The van der Waals surface area contributed by atoms with Gasteiger partial charge in [0.05, 0.1) is 10.6 Å². The summed E-state index contributed by atoms with van der Waals surface area (Å²) >= 11 is 6.47. The molecular weight excluding hydrogens is 558 g/mol. The van der Waals surface area contributed by atoms with E-state index in [1.807, 2.05) is 60.6 Å². The quantitative estimate of drug-likeness (QED) is 0.302. The molecule has 1 N–H and O–H groups in total. The van der Waals surface area contributed by atoms with Gasteiger partial charge in [-0.05, 0) is 88.9 Å². The number of amides is 2. The predicted molar refractivity (Wildman–Crippen MR) is 166 cm³/mol. The number of nitrogens with zero attached hydrogens (tertiary/aromatic N) is 2. The van der Waals surface area contributed by atoms with Crippen molar-refractivity contribution in [1.29, 1.82) is 0 Å². The number of carbonyl (C=O) groups excluding carboxylic acids is 2. The van der Waals surface area contributed by atoms with E-state index < -0.39 is 34.1 Å². The van der Waals surface area contributed by atoms with Crippen molar-refractivity contribution >= 4 is 39.1 Å². The van der Waals surface area contributed by atoms with Crippen LogP contribution in [-0.2, 0) is 26.2 Å². The first-order chi connectivity index (χ1) is 19.2. The maximum atomic E-state index is 14.2. The minimum atomic E-state index is -4.14. The fraction of sp³-hybridized carbons (Fsp3) is 0.375. The molecule has 0 fully saturated rings. The van der Waals surface area contributed by atoms with Crippen molar-refractivity contribution in [2.75, 3.05) is 10.8 Å². The smallest absolute Gasteiger partial charge is 0.264 e. The van der Waals surface area contributed by atoms with Gasteiger partial charge >= 0.3 is 0 Å². The summed E-state index contributed by atoms with van der Waals surface area (Å²) in [4.78, 5) is 29.2. The Kier molecular flexibility index (Phi) is 10.3. The van der Waals surface area contributed by atoms with E-state index >= 15 is 0 Å². The van der Waals surface area contributed by atoms with Crippen molar-refractivity contribution in [3.05, 3.63) is 94.0 Å². The average Bonchev–Trinajstić information content (AvgIpc) is 2.89. The molecule has 0 aliphatic carbocycles. The summed E-state index contributed by atoms with van der Waals surface area (Å²) in [6.07, 6.45) is 0.326. The molecular formula is C32H40ClN3O4S. The zero-order chi connectivity index (χ0) is 30.5. The molecule has 7 nitrogen and oxygen atoms in total. The molecule has 1 atom stereocenters. The van der Waals surface area contributed by atoms with Crippen LogP contribution in [0.25, 0.3) is 0 Å². The Bertz CT molecular complexity index is 1500. The zero-order valence-corrected chi connectivity index (χ0v) is 26.4. The van der Waals surface area contributed by atoms with Crippen LogP contribution < -0.4 is 9.62 Å². The molecule has 220 valence electrons. The molecule has 9 heteroatoms. The average molecular weight is 598 g/mol. The van der Waals surface area contributed by atoms with Gasteiger partial charge in [-0.2, -0.15) is 0 Å². The summed E-state index contributed by atoms with van der Waals surface area (Å²) < 4.78 is 29.3. The molecule has 0 bridgehead atoms. The van der Waals surface area contributed by atoms with E-state index in [1.54, 1.807) is 54.6 Å². The van der Waals surface area contributed by atoms with Gasteiger partial charge in [0.1, 0.15) is 12.6 Å². The Hall–Kier alpha value is -3.36. The van der Waals surface area contributed by atoms with Crippen LogP contribution in [0.2, 0.25) is 5.02 Å². The van der Waals surface area contributed by atoms with Crippen LogP contribution in [0, 0.1) is 20.8 Å². The maximum absolute atomic E-state index is 14.2. The molecule has 0 saturated carbocycles. The molecule has 2 amide bonds. The van der Waals surface area contributed by atoms with E-state index in [-0.39, 0.29) is 17.3 Å². The second-order valence-corrected chi connectivity index (χ2v) is 13.6. The lowest BCUT2D eigenvalue weighted by atomic mass is 10.1. The zero-order valence-electron chi connectivity index (χ0n) is 24.9. The van der Waals surface area contributed by atoms with Crippen LogP contribution in [-0.4, -0.2) is 43.3 Å². The number of sulfonamides is 1. The van der Waals surface area contributed by atoms with E-state index in [0.717, 1.165) is 21.0 Å². The number of halogens is 1. The van der Waals surface area contributed by atoms with Gasteiger partial charge in [-0.1, -0.05) is 66.6 Å². The summed E-state index contributed by atoms with van der Waals surface area (Å²) in [5, 5.41) is 3.42. The molecule has 0 saturated heterocycles. The molecule has 0 spiro atoms. The van der Waals surface area contributed by atoms with Gasteiger partial charge in [-0.3, -0.25) is 13.9 Å². The third kappa shape index (κ3) is 7.89. The summed E-state index contributed by atoms with van der Waals surface area (Å²) in [6.45, 7) is 12.6. The van der Waals surface area contributed by atoms with Gasteiger partial charge < -0.3 is 10.2 Å². The summed E-state index contributed by atoms with van der Waals surface area (Å²) in [5.41, 5.74) is 3.09. The van der Waals surface area contributed by atoms with Crippen LogP contribution in [0.15, 0.2) is 71.6 Å². The normalized spacial score (nSPS) is 12.5. The van der Waals surface area contributed by atoms with Crippen molar-refractivity contribution < 1.29 is 18.0 Å². The van der Waals surface area contributed by atoms with Crippen molar-refractivity contribution in [2.45, 2.75) is 77.9 Å². The first-order valence-corrected chi connectivity index (χ1v) is 15.5. The fourth-order valence-corrected chi connectivity index (χ4v) is 6.21. The lowest BCUT2D eigenvalue weighted by Crippen LogP contribution is -2.55. The number of carbonyl (C=O) groups is 2. The first kappa shape index (κ1) is 32.2. The van der Waals surface area contributed by atoms with Gasteiger partial charge in [0, 0.05) is 17.1 Å². The second-order valence-electron chi connectivity index (χ2n) is 11.3. The Morgan fingerprint density at radius 3 is 2.15 bits per heavy atom. The highest BCUT2D eigenvalue weighted by atomic mass is 35.5. The summed E-state index contributed by atoms with van der Waals surface area (Å²) in [5.74, 6) is -0.836. The molecule has 0 aromatic heterocycles. The highest BCUT2D eigenvalue weighted by Crippen LogP contribution is 2.30. The molecule has 0 aliphatic heterocycles. The Morgan fingerprint density at radius 2 is 1.56 bits per heavy atom. The van der Waals surface area contributed by atoms with Crippen LogP contribution in [0.1, 0.15) is 56.4 Å². The van der Waals surface area contributed by atoms with Gasteiger partial charge in [0.15, 0.2) is 0 Å². The van der Waals surface area contributed by atoms with E-state index in [2.05, 4.69) is 5.32 Å². The SMILES string of the molecule is CC[C@@H](C(=O)NC(C)(C)C)N(Cc1ccccc1Cl)C(=O)CN(c1cccc(C)c1C)S(=O)(=O)c1ccc(C)cc1. The predicted octanol–water partition coefficient (Wildman–Crippen LogP) is 6.18. The van der Waals surface area contributed by atoms with Gasteiger partial charge in [0.25, 0.3) is 10.0 Å². The Balaban J connectivity index is 2.13. The molecule has 3 aromatic carbocycles. The van der Waals surface area contributed by atoms with Crippen molar-refractivity contribution in [2.24, 2.45) is 0 Å². The van der Waals surface area contributed by atoms with Crippen LogP contribution in [0.5, 0.6) is 0 Å². The lowest BCUT2D eigenvalue weighted by molar-refractivity contribution is -0.141. The standard InChI is InChI=1S/C32H40ClN3O4S/c1-8-28(31(38)34-32(5,6)7)35(20-25-13-9-10-14-27(25)33)30(37)21-36(29-15-11-12-23(3)24(29)4)41(39,40)26-18-16-22(2)17-19-26/h9-19,28H,8,20-21H2,1-7H3,(H,34,38)/t28-/m0/s1. The minimum Gasteiger partial charge on any atom is -0.350 e. The minimum absolute atomic E-state index is 0.0415. The number of nitrogens with one attached hydrogen (secondary N) is 1. The maximum Gasteiger partial charge on any atom is 0.264 e. The van der Waals surface area contributed by atoms with Crippen molar-refractivity contribution in [1.82, 2.24) is 10.2 Å². The van der Waals surface area contributed by atoms with Crippen LogP contribution in [0.3, 0.4) is 0 Å². The van der Waals surface area contributed by atoms with E-state index in [0.29, 0.717) is 22.7 Å². The van der Waals surface area contributed by atoms with Gasteiger partial charge in [-0.25, -0.2) is 8.42 Å².